The van der Waals surface area contributed by atoms with E-state index in [-0.39, 0.29) is 16.2 Å². The summed E-state index contributed by atoms with van der Waals surface area (Å²) in [5.74, 6) is -0.235. The fraction of sp³-hybridized carbons (Fsp3) is 0.267. The molecule has 0 amide bonds. The molecule has 0 spiro atoms. The number of aromatic nitrogens is 3. The third-order valence-electron chi connectivity index (χ3n) is 3.50. The Morgan fingerprint density at radius 3 is 2.72 bits per heavy atom. The molecule has 3 aromatic heterocycles. The fourth-order valence-corrected chi connectivity index (χ4v) is 3.12. The Morgan fingerprint density at radius 1 is 1.28 bits per heavy atom. The molecule has 0 aliphatic rings. The highest BCUT2D eigenvalue weighted by Crippen LogP contribution is 2.36. The minimum atomic E-state index is -4.58. The summed E-state index contributed by atoms with van der Waals surface area (Å²) < 4.78 is 43.9. The highest BCUT2D eigenvalue weighted by atomic mass is 32.2. The second-order valence-corrected chi connectivity index (χ2v) is 6.60. The lowest BCUT2D eigenvalue weighted by Gasteiger charge is -2.12. The molecule has 0 fully saturated rings. The average Bonchev–Trinajstić information content (AvgIpc) is 2.95. The number of furan rings is 1. The van der Waals surface area contributed by atoms with E-state index in [9.17, 15) is 13.2 Å². The van der Waals surface area contributed by atoms with Crippen molar-refractivity contribution in [3.63, 3.8) is 0 Å². The van der Waals surface area contributed by atoms with E-state index in [0.29, 0.717) is 23.9 Å². The number of hydrogen-bond acceptors (Lipinski definition) is 7. The third-order valence-corrected chi connectivity index (χ3v) is 4.49. The summed E-state index contributed by atoms with van der Waals surface area (Å²) in [6.07, 6.45) is -1.47. The number of halogens is 3. The van der Waals surface area contributed by atoms with Crippen molar-refractivity contribution >= 4 is 28.5 Å². The number of fused-ring (bicyclic) bond motifs is 1. The number of thioether (sulfide) groups is 1. The monoisotopic (exact) mass is 369 g/mol. The lowest BCUT2D eigenvalue weighted by atomic mass is 10.1. The van der Waals surface area contributed by atoms with Crippen LogP contribution in [0.25, 0.3) is 11.0 Å². The van der Waals surface area contributed by atoms with Crippen LogP contribution in [-0.4, -0.2) is 15.0 Å². The summed E-state index contributed by atoms with van der Waals surface area (Å²) in [5.41, 5.74) is 12.1. The van der Waals surface area contributed by atoms with Crippen molar-refractivity contribution in [2.45, 2.75) is 30.1 Å². The molecule has 4 N–H and O–H groups in total. The summed E-state index contributed by atoms with van der Waals surface area (Å²) in [7, 11) is 0. The maximum absolute atomic E-state index is 12.8. The lowest BCUT2D eigenvalue weighted by molar-refractivity contribution is -0.141. The molecule has 0 saturated carbocycles. The molecule has 1 unspecified atom stereocenters. The van der Waals surface area contributed by atoms with Gasteiger partial charge < -0.3 is 15.9 Å². The lowest BCUT2D eigenvalue weighted by Crippen LogP contribution is -2.11. The summed E-state index contributed by atoms with van der Waals surface area (Å²) >= 11 is 1.04. The van der Waals surface area contributed by atoms with E-state index in [1.807, 2.05) is 0 Å². The number of alkyl halides is 3. The van der Waals surface area contributed by atoms with Crippen molar-refractivity contribution in [2.75, 3.05) is 5.73 Å². The first-order valence-electron chi connectivity index (χ1n) is 7.22. The number of pyridine rings is 1. The zero-order valence-electron chi connectivity index (χ0n) is 13.0. The molecular formula is C15H14F3N5OS. The van der Waals surface area contributed by atoms with Crippen molar-refractivity contribution in [3.05, 3.63) is 41.5 Å². The van der Waals surface area contributed by atoms with Gasteiger partial charge in [-0.15, -0.1) is 0 Å². The van der Waals surface area contributed by atoms with Gasteiger partial charge in [0.05, 0.1) is 23.4 Å². The van der Waals surface area contributed by atoms with E-state index in [1.54, 1.807) is 25.5 Å². The Bertz CT molecular complexity index is 912. The largest absolute Gasteiger partial charge is 0.462 e. The van der Waals surface area contributed by atoms with Crippen LogP contribution in [0.3, 0.4) is 0 Å². The summed E-state index contributed by atoms with van der Waals surface area (Å²) in [4.78, 5) is 11.7. The van der Waals surface area contributed by atoms with Gasteiger partial charge in [0.25, 0.3) is 0 Å². The molecule has 0 aliphatic heterocycles. The van der Waals surface area contributed by atoms with Crippen molar-refractivity contribution in [1.82, 2.24) is 15.0 Å². The molecule has 0 bridgehead atoms. The predicted octanol–water partition coefficient (Wildman–Crippen LogP) is 3.53. The van der Waals surface area contributed by atoms with Gasteiger partial charge in [0.1, 0.15) is 5.82 Å². The molecule has 10 heteroatoms. The highest BCUT2D eigenvalue weighted by molar-refractivity contribution is 7.99. The number of nitrogen functional groups attached to an aromatic ring is 1. The smallest absolute Gasteiger partial charge is 0.433 e. The van der Waals surface area contributed by atoms with Crippen LogP contribution in [0.2, 0.25) is 0 Å². The number of rotatable bonds is 4. The Labute approximate surface area is 144 Å². The van der Waals surface area contributed by atoms with Gasteiger partial charge in [-0.05, 0) is 13.0 Å². The first-order chi connectivity index (χ1) is 11.8. The normalized spacial score (nSPS) is 13.3. The van der Waals surface area contributed by atoms with Crippen LogP contribution >= 0.6 is 11.8 Å². The van der Waals surface area contributed by atoms with Crippen LogP contribution < -0.4 is 11.5 Å². The summed E-state index contributed by atoms with van der Waals surface area (Å²) in [6.45, 7) is 2.10. The maximum Gasteiger partial charge on any atom is 0.433 e. The summed E-state index contributed by atoms with van der Waals surface area (Å²) in [6, 6.07) is 2.51. The van der Waals surface area contributed by atoms with E-state index < -0.39 is 11.9 Å². The number of nitrogens with zero attached hydrogens (tertiary/aromatic N) is 3. The second-order valence-electron chi connectivity index (χ2n) is 5.29. The molecular weight excluding hydrogens is 355 g/mol. The van der Waals surface area contributed by atoms with E-state index >= 15 is 0 Å². The van der Waals surface area contributed by atoms with Crippen LogP contribution in [0.1, 0.15) is 29.1 Å². The molecule has 132 valence electrons. The van der Waals surface area contributed by atoms with Crippen LogP contribution in [0.15, 0.2) is 34.2 Å². The predicted molar refractivity (Wildman–Crippen MR) is 87.6 cm³/mol. The van der Waals surface area contributed by atoms with Gasteiger partial charge in [-0.1, -0.05) is 11.8 Å². The molecule has 1 atom stereocenters. The minimum Gasteiger partial charge on any atom is -0.462 e. The van der Waals surface area contributed by atoms with Crippen LogP contribution in [-0.2, 0) is 12.7 Å². The first-order valence-corrected chi connectivity index (χ1v) is 8.10. The summed E-state index contributed by atoms with van der Waals surface area (Å²) in [5, 5.41) is 0.463. The topological polar surface area (TPSA) is 104 Å². The van der Waals surface area contributed by atoms with Crippen LogP contribution in [0.5, 0.6) is 0 Å². The maximum atomic E-state index is 12.8. The zero-order chi connectivity index (χ0) is 18.2. The molecule has 0 radical (unpaired) electrons. The number of hydrogen-bond donors (Lipinski definition) is 2. The quantitative estimate of drug-likeness (QED) is 0.535. The Kier molecular flexibility index (Phi) is 4.56. The molecule has 3 rings (SSSR count). The van der Waals surface area contributed by atoms with E-state index in [1.165, 1.54) is 0 Å². The molecule has 6 nitrogen and oxygen atoms in total. The molecule has 0 aliphatic carbocycles. The number of anilines is 1. The van der Waals surface area contributed by atoms with Crippen molar-refractivity contribution in [1.29, 1.82) is 0 Å². The Hall–Kier alpha value is -2.33. The Balaban J connectivity index is 1.89. The van der Waals surface area contributed by atoms with Gasteiger partial charge in [-0.2, -0.15) is 13.2 Å². The van der Waals surface area contributed by atoms with Gasteiger partial charge in [-0.25, -0.2) is 9.97 Å². The van der Waals surface area contributed by atoms with E-state index in [0.717, 1.165) is 22.7 Å². The molecule has 25 heavy (non-hydrogen) atoms. The van der Waals surface area contributed by atoms with Gasteiger partial charge in [0, 0.05) is 23.6 Å². The Morgan fingerprint density at radius 2 is 2.04 bits per heavy atom. The molecule has 0 saturated heterocycles. The zero-order valence-corrected chi connectivity index (χ0v) is 13.9. The average molecular weight is 369 g/mol. The first kappa shape index (κ1) is 17.5. The van der Waals surface area contributed by atoms with Crippen molar-refractivity contribution in [2.24, 2.45) is 5.73 Å². The van der Waals surface area contributed by atoms with Crippen LogP contribution in [0.4, 0.5) is 19.0 Å². The molecule has 3 aromatic rings. The number of nitrogens with two attached hydrogens (primary N) is 2. The highest BCUT2D eigenvalue weighted by Gasteiger charge is 2.33. The minimum absolute atomic E-state index is 0.0621. The van der Waals surface area contributed by atoms with Gasteiger partial charge >= 0.3 is 6.18 Å². The van der Waals surface area contributed by atoms with Crippen LogP contribution in [0, 0.1) is 0 Å². The molecule has 3 heterocycles. The third kappa shape index (κ3) is 3.69. The van der Waals surface area contributed by atoms with E-state index in [4.69, 9.17) is 15.9 Å². The van der Waals surface area contributed by atoms with Gasteiger partial charge in [0.15, 0.2) is 16.4 Å². The standard InChI is InChI=1S/C15H14F3N5OS/c1-7(10-2-9-8(4-19)6-24-11(9)5-21-10)25-14-22-12(15(16,17)18)3-13(20)23-14/h2-3,5-7H,4,19H2,1H3,(H2,20,22,23). The van der Waals surface area contributed by atoms with E-state index in [2.05, 4.69) is 15.0 Å². The van der Waals surface area contributed by atoms with Gasteiger partial charge in [0.2, 0.25) is 0 Å². The van der Waals surface area contributed by atoms with Crippen molar-refractivity contribution in [3.8, 4) is 0 Å². The molecule has 0 aromatic carbocycles. The SMILES string of the molecule is CC(Sc1nc(N)cc(C(F)(F)F)n1)c1cc2c(CN)coc2cn1. The van der Waals surface area contributed by atoms with Gasteiger partial charge in [-0.3, -0.25) is 4.98 Å². The fourth-order valence-electron chi connectivity index (χ4n) is 2.24. The van der Waals surface area contributed by atoms with Crippen molar-refractivity contribution < 1.29 is 17.6 Å². The second kappa shape index (κ2) is 6.52.